The van der Waals surface area contributed by atoms with Crippen molar-refractivity contribution in [2.45, 2.75) is 20.4 Å². The molecule has 2 aromatic rings. The maximum absolute atomic E-state index is 5.44. The van der Waals surface area contributed by atoms with E-state index in [2.05, 4.69) is 59.4 Å². The smallest absolute Gasteiger partial charge is 0.126 e. The van der Waals surface area contributed by atoms with Gasteiger partial charge in [-0.25, -0.2) is 0 Å². The number of halogens is 1. The van der Waals surface area contributed by atoms with E-state index in [-0.39, 0.29) is 0 Å². The van der Waals surface area contributed by atoms with Crippen molar-refractivity contribution < 1.29 is 4.74 Å². The number of ether oxygens (including phenoxy) is 1. The van der Waals surface area contributed by atoms with Crippen LogP contribution in [0.1, 0.15) is 16.7 Å². The van der Waals surface area contributed by atoms with Crippen LogP contribution < -0.4 is 10.1 Å². The van der Waals surface area contributed by atoms with Crippen LogP contribution in [0.4, 0.5) is 5.69 Å². The molecule has 0 heterocycles. The van der Waals surface area contributed by atoms with Crippen LogP contribution in [0.15, 0.2) is 40.9 Å². The van der Waals surface area contributed by atoms with Crippen molar-refractivity contribution in [3.63, 3.8) is 0 Å². The van der Waals surface area contributed by atoms with Gasteiger partial charge in [0.15, 0.2) is 0 Å². The molecule has 0 aromatic heterocycles. The largest absolute Gasteiger partial charge is 0.496 e. The van der Waals surface area contributed by atoms with Crippen molar-refractivity contribution in [1.29, 1.82) is 0 Å². The Morgan fingerprint density at radius 1 is 1.11 bits per heavy atom. The normalized spacial score (nSPS) is 10.3. The van der Waals surface area contributed by atoms with Gasteiger partial charge in [0.1, 0.15) is 5.75 Å². The molecule has 0 saturated carbocycles. The lowest BCUT2D eigenvalue weighted by Gasteiger charge is -2.15. The SMILES string of the molecule is COc1c(C)ccc(NCc2ccccc2Br)c1C. The molecule has 2 nitrogen and oxygen atoms in total. The van der Waals surface area contributed by atoms with E-state index in [0.29, 0.717) is 0 Å². The highest BCUT2D eigenvalue weighted by molar-refractivity contribution is 9.10. The predicted molar refractivity (Wildman–Crippen MR) is 83.9 cm³/mol. The van der Waals surface area contributed by atoms with Gasteiger partial charge in [-0.05, 0) is 37.1 Å². The van der Waals surface area contributed by atoms with E-state index in [4.69, 9.17) is 4.74 Å². The fraction of sp³-hybridized carbons (Fsp3) is 0.250. The zero-order valence-electron chi connectivity index (χ0n) is 11.5. The first-order valence-corrected chi connectivity index (χ1v) is 7.04. The van der Waals surface area contributed by atoms with Crippen LogP contribution in [0.2, 0.25) is 0 Å². The Balaban J connectivity index is 2.19. The van der Waals surface area contributed by atoms with Gasteiger partial charge in [0, 0.05) is 22.3 Å². The lowest BCUT2D eigenvalue weighted by molar-refractivity contribution is 0.409. The number of benzene rings is 2. The number of hydrogen-bond acceptors (Lipinski definition) is 2. The molecule has 0 radical (unpaired) electrons. The second-order valence-corrected chi connectivity index (χ2v) is 5.39. The Kier molecular flexibility index (Phi) is 4.48. The summed E-state index contributed by atoms with van der Waals surface area (Å²) in [4.78, 5) is 0. The van der Waals surface area contributed by atoms with E-state index >= 15 is 0 Å². The van der Waals surface area contributed by atoms with E-state index in [9.17, 15) is 0 Å². The lowest BCUT2D eigenvalue weighted by atomic mass is 10.1. The highest BCUT2D eigenvalue weighted by atomic mass is 79.9. The van der Waals surface area contributed by atoms with Gasteiger partial charge in [0.25, 0.3) is 0 Å². The Bertz CT molecular complexity index is 581. The average molecular weight is 320 g/mol. The molecule has 0 atom stereocenters. The zero-order valence-corrected chi connectivity index (χ0v) is 13.0. The van der Waals surface area contributed by atoms with Crippen molar-refractivity contribution in [3.8, 4) is 5.75 Å². The molecule has 2 rings (SSSR count). The Morgan fingerprint density at radius 2 is 1.84 bits per heavy atom. The Labute approximate surface area is 122 Å². The van der Waals surface area contributed by atoms with Gasteiger partial charge in [-0.15, -0.1) is 0 Å². The third-order valence-electron chi connectivity index (χ3n) is 3.23. The van der Waals surface area contributed by atoms with Crippen LogP contribution in [0.3, 0.4) is 0 Å². The van der Waals surface area contributed by atoms with Gasteiger partial charge >= 0.3 is 0 Å². The zero-order chi connectivity index (χ0) is 13.8. The summed E-state index contributed by atoms with van der Waals surface area (Å²) < 4.78 is 6.57. The van der Waals surface area contributed by atoms with Crippen molar-refractivity contribution in [2.75, 3.05) is 12.4 Å². The molecule has 2 aromatic carbocycles. The summed E-state index contributed by atoms with van der Waals surface area (Å²) in [6, 6.07) is 12.4. The number of hydrogen-bond donors (Lipinski definition) is 1. The topological polar surface area (TPSA) is 21.3 Å². The van der Waals surface area contributed by atoms with Crippen molar-refractivity contribution >= 4 is 21.6 Å². The summed E-state index contributed by atoms with van der Waals surface area (Å²) in [5.41, 5.74) is 4.65. The van der Waals surface area contributed by atoms with Crippen LogP contribution in [0, 0.1) is 13.8 Å². The van der Waals surface area contributed by atoms with Crippen molar-refractivity contribution in [3.05, 3.63) is 57.6 Å². The number of nitrogens with one attached hydrogen (secondary N) is 1. The summed E-state index contributed by atoms with van der Waals surface area (Å²) in [6.07, 6.45) is 0. The monoisotopic (exact) mass is 319 g/mol. The van der Waals surface area contributed by atoms with Crippen LogP contribution >= 0.6 is 15.9 Å². The van der Waals surface area contributed by atoms with Gasteiger partial charge in [0.05, 0.1) is 7.11 Å². The molecule has 0 aliphatic carbocycles. The van der Waals surface area contributed by atoms with E-state index < -0.39 is 0 Å². The molecule has 0 amide bonds. The predicted octanol–water partition coefficient (Wildman–Crippen LogP) is 4.69. The van der Waals surface area contributed by atoms with E-state index in [1.54, 1.807) is 7.11 Å². The van der Waals surface area contributed by atoms with Crippen molar-refractivity contribution in [1.82, 2.24) is 0 Å². The van der Waals surface area contributed by atoms with Gasteiger partial charge in [-0.1, -0.05) is 40.2 Å². The third-order valence-corrected chi connectivity index (χ3v) is 4.01. The minimum absolute atomic E-state index is 0.786. The summed E-state index contributed by atoms with van der Waals surface area (Å²) in [5.74, 6) is 0.956. The fourth-order valence-electron chi connectivity index (χ4n) is 2.16. The summed E-state index contributed by atoms with van der Waals surface area (Å²) in [5, 5.41) is 3.46. The molecule has 3 heteroatoms. The first-order chi connectivity index (χ1) is 9.13. The molecule has 1 N–H and O–H groups in total. The molecule has 19 heavy (non-hydrogen) atoms. The summed E-state index contributed by atoms with van der Waals surface area (Å²) in [7, 11) is 1.72. The molecule has 0 aliphatic heterocycles. The van der Waals surface area contributed by atoms with Gasteiger partial charge in [-0.3, -0.25) is 0 Å². The number of aryl methyl sites for hydroxylation is 1. The minimum atomic E-state index is 0.786. The van der Waals surface area contributed by atoms with E-state index in [0.717, 1.165) is 33.6 Å². The van der Waals surface area contributed by atoms with Crippen LogP contribution in [-0.2, 0) is 6.54 Å². The number of rotatable bonds is 4. The summed E-state index contributed by atoms with van der Waals surface area (Å²) >= 11 is 3.56. The molecule has 0 bridgehead atoms. The molecular weight excluding hydrogens is 302 g/mol. The first-order valence-electron chi connectivity index (χ1n) is 6.25. The maximum atomic E-state index is 5.44. The molecule has 0 aliphatic rings. The van der Waals surface area contributed by atoms with Gasteiger partial charge < -0.3 is 10.1 Å². The molecule has 0 spiro atoms. The Hall–Kier alpha value is -1.48. The molecule has 0 unspecified atom stereocenters. The number of methoxy groups -OCH3 is 1. The van der Waals surface area contributed by atoms with Crippen molar-refractivity contribution in [2.24, 2.45) is 0 Å². The maximum Gasteiger partial charge on any atom is 0.126 e. The highest BCUT2D eigenvalue weighted by Crippen LogP contribution is 2.29. The first kappa shape index (κ1) is 13.9. The van der Waals surface area contributed by atoms with Crippen LogP contribution in [0.25, 0.3) is 0 Å². The second-order valence-electron chi connectivity index (χ2n) is 4.53. The fourth-order valence-corrected chi connectivity index (χ4v) is 2.59. The third kappa shape index (κ3) is 3.10. The Morgan fingerprint density at radius 3 is 2.53 bits per heavy atom. The minimum Gasteiger partial charge on any atom is -0.496 e. The molecule has 100 valence electrons. The molecule has 0 saturated heterocycles. The molecule has 0 fully saturated rings. The highest BCUT2D eigenvalue weighted by Gasteiger charge is 2.08. The molecular formula is C16H18BrNO. The van der Waals surface area contributed by atoms with Crippen LogP contribution in [-0.4, -0.2) is 7.11 Å². The van der Waals surface area contributed by atoms with Gasteiger partial charge in [-0.2, -0.15) is 0 Å². The lowest BCUT2D eigenvalue weighted by Crippen LogP contribution is -2.03. The van der Waals surface area contributed by atoms with Gasteiger partial charge in [0.2, 0.25) is 0 Å². The standard InChI is InChI=1S/C16H18BrNO/c1-11-8-9-15(12(2)16(11)19-3)18-10-13-6-4-5-7-14(13)17/h4-9,18H,10H2,1-3H3. The number of anilines is 1. The summed E-state index contributed by atoms with van der Waals surface area (Å²) in [6.45, 7) is 4.92. The van der Waals surface area contributed by atoms with Crippen LogP contribution in [0.5, 0.6) is 5.75 Å². The second kappa shape index (κ2) is 6.11. The van der Waals surface area contributed by atoms with E-state index in [1.807, 2.05) is 12.1 Å². The van der Waals surface area contributed by atoms with E-state index in [1.165, 1.54) is 5.56 Å². The average Bonchev–Trinajstić information content (AvgIpc) is 2.40. The quantitative estimate of drug-likeness (QED) is 0.883.